The summed E-state index contributed by atoms with van der Waals surface area (Å²) in [5.74, 6) is -1.08. The third kappa shape index (κ3) is 4.75. The number of carbonyl (C=O) groups is 1. The molecule has 0 saturated carbocycles. The highest BCUT2D eigenvalue weighted by molar-refractivity contribution is 7.98. The number of carbonyl (C=O) groups excluding carboxylic acids is 1. The van der Waals surface area contributed by atoms with E-state index in [9.17, 15) is 13.6 Å². The lowest BCUT2D eigenvalue weighted by Gasteiger charge is -2.09. The lowest BCUT2D eigenvalue weighted by molar-refractivity contribution is 0.102. The quantitative estimate of drug-likeness (QED) is 0.359. The van der Waals surface area contributed by atoms with Crippen LogP contribution in [0.5, 0.6) is 0 Å². The molecular weight excluding hydrogens is 422 g/mol. The molecule has 1 N–H and O–H groups in total. The van der Waals surface area contributed by atoms with Crippen LogP contribution in [0.15, 0.2) is 66.1 Å². The molecule has 1 amide bonds. The Morgan fingerprint density at radius 1 is 1.10 bits per heavy atom. The van der Waals surface area contributed by atoms with Crippen molar-refractivity contribution in [3.8, 4) is 5.69 Å². The Bertz CT molecular complexity index is 1210. The summed E-state index contributed by atoms with van der Waals surface area (Å²) < 4.78 is 28.7. The SMILES string of the molecule is Cc1ccc(NC(=O)c2nnn(-c3ccc(F)cc3)c2CSc2ncccn2)cc1F. The first kappa shape index (κ1) is 20.6. The third-order valence-corrected chi connectivity index (χ3v) is 5.25. The molecule has 0 spiro atoms. The van der Waals surface area contributed by atoms with Gasteiger partial charge < -0.3 is 5.32 Å². The fraction of sp³-hybridized carbons (Fsp3) is 0.0952. The topological polar surface area (TPSA) is 85.6 Å². The minimum Gasteiger partial charge on any atom is -0.320 e. The Morgan fingerprint density at radius 3 is 2.55 bits per heavy atom. The number of nitrogens with one attached hydrogen (secondary N) is 1. The summed E-state index contributed by atoms with van der Waals surface area (Å²) in [6.07, 6.45) is 3.23. The van der Waals surface area contributed by atoms with Crippen molar-refractivity contribution in [1.29, 1.82) is 0 Å². The molecule has 2 aromatic heterocycles. The monoisotopic (exact) mass is 438 g/mol. The van der Waals surface area contributed by atoms with Gasteiger partial charge in [0.15, 0.2) is 10.9 Å². The van der Waals surface area contributed by atoms with Gasteiger partial charge in [-0.05, 0) is 55.0 Å². The van der Waals surface area contributed by atoms with Gasteiger partial charge in [0.05, 0.1) is 11.4 Å². The van der Waals surface area contributed by atoms with Crippen LogP contribution in [0.2, 0.25) is 0 Å². The van der Waals surface area contributed by atoms with E-state index >= 15 is 0 Å². The summed E-state index contributed by atoms with van der Waals surface area (Å²) in [5.41, 5.74) is 1.84. The van der Waals surface area contributed by atoms with Crippen LogP contribution in [0.1, 0.15) is 21.7 Å². The van der Waals surface area contributed by atoms with Crippen LogP contribution in [0, 0.1) is 18.6 Å². The van der Waals surface area contributed by atoms with Crippen LogP contribution in [0.25, 0.3) is 5.69 Å². The Morgan fingerprint density at radius 2 is 1.84 bits per heavy atom. The van der Waals surface area contributed by atoms with Crippen LogP contribution in [0.3, 0.4) is 0 Å². The molecular formula is C21H16F2N6OS. The van der Waals surface area contributed by atoms with E-state index in [4.69, 9.17) is 0 Å². The lowest BCUT2D eigenvalue weighted by atomic mass is 10.2. The highest BCUT2D eigenvalue weighted by atomic mass is 32.2. The predicted molar refractivity (Wildman–Crippen MR) is 112 cm³/mol. The summed E-state index contributed by atoms with van der Waals surface area (Å²) in [7, 11) is 0. The molecule has 0 aliphatic carbocycles. The van der Waals surface area contributed by atoms with Gasteiger partial charge in [0, 0.05) is 23.8 Å². The van der Waals surface area contributed by atoms with Gasteiger partial charge in [-0.1, -0.05) is 23.0 Å². The Kier molecular flexibility index (Phi) is 5.99. The van der Waals surface area contributed by atoms with E-state index in [2.05, 4.69) is 25.6 Å². The fourth-order valence-electron chi connectivity index (χ4n) is 2.75. The maximum Gasteiger partial charge on any atom is 0.278 e. The number of thioether (sulfide) groups is 1. The van der Waals surface area contributed by atoms with E-state index < -0.39 is 17.5 Å². The van der Waals surface area contributed by atoms with Gasteiger partial charge in [0.1, 0.15) is 11.6 Å². The largest absolute Gasteiger partial charge is 0.320 e. The molecule has 0 atom stereocenters. The number of amides is 1. The zero-order valence-electron chi connectivity index (χ0n) is 16.3. The molecule has 4 rings (SSSR count). The van der Waals surface area contributed by atoms with Crippen LogP contribution in [-0.4, -0.2) is 30.9 Å². The van der Waals surface area contributed by atoms with Gasteiger partial charge in [-0.2, -0.15) is 0 Å². The molecule has 2 aromatic carbocycles. The molecule has 0 bridgehead atoms. The zero-order chi connectivity index (χ0) is 21.8. The van der Waals surface area contributed by atoms with E-state index in [0.717, 1.165) is 0 Å². The van der Waals surface area contributed by atoms with Gasteiger partial charge in [0.2, 0.25) is 0 Å². The van der Waals surface area contributed by atoms with Gasteiger partial charge in [-0.3, -0.25) is 4.79 Å². The second kappa shape index (κ2) is 9.00. The normalized spacial score (nSPS) is 10.8. The van der Waals surface area contributed by atoms with Crippen molar-refractivity contribution >= 4 is 23.4 Å². The molecule has 0 unspecified atom stereocenters. The molecule has 31 heavy (non-hydrogen) atoms. The molecule has 0 aliphatic rings. The molecule has 7 nitrogen and oxygen atoms in total. The first-order valence-electron chi connectivity index (χ1n) is 9.19. The molecule has 0 saturated heterocycles. The Balaban J connectivity index is 1.66. The van der Waals surface area contributed by atoms with Crippen LogP contribution >= 0.6 is 11.8 Å². The molecule has 4 aromatic rings. The van der Waals surface area contributed by atoms with Crippen LogP contribution in [0.4, 0.5) is 14.5 Å². The summed E-state index contributed by atoms with van der Waals surface area (Å²) >= 11 is 1.30. The third-order valence-electron chi connectivity index (χ3n) is 4.36. The number of benzene rings is 2. The second-order valence-electron chi connectivity index (χ2n) is 6.51. The van der Waals surface area contributed by atoms with Crippen molar-refractivity contribution in [2.24, 2.45) is 0 Å². The molecule has 0 fully saturated rings. The maximum atomic E-state index is 13.8. The second-order valence-corrected chi connectivity index (χ2v) is 7.45. The highest BCUT2D eigenvalue weighted by Crippen LogP contribution is 2.24. The first-order valence-corrected chi connectivity index (χ1v) is 10.2. The van der Waals surface area contributed by atoms with E-state index in [0.29, 0.717) is 27.8 Å². The lowest BCUT2D eigenvalue weighted by Crippen LogP contribution is -2.15. The van der Waals surface area contributed by atoms with Crippen molar-refractivity contribution in [3.05, 3.63) is 89.5 Å². The predicted octanol–water partition coefficient (Wildman–Crippen LogP) is 4.19. The van der Waals surface area contributed by atoms with Gasteiger partial charge in [-0.15, -0.1) is 5.10 Å². The molecule has 156 valence electrons. The van der Waals surface area contributed by atoms with Gasteiger partial charge in [0.25, 0.3) is 5.91 Å². The zero-order valence-corrected chi connectivity index (χ0v) is 17.1. The summed E-state index contributed by atoms with van der Waals surface area (Å²) in [6, 6.07) is 11.8. The molecule has 10 heteroatoms. The molecule has 0 radical (unpaired) electrons. The summed E-state index contributed by atoms with van der Waals surface area (Å²) in [4.78, 5) is 21.2. The van der Waals surface area contributed by atoms with Crippen molar-refractivity contribution in [2.75, 3.05) is 5.32 Å². The number of anilines is 1. The number of hydrogen-bond acceptors (Lipinski definition) is 6. The number of rotatable bonds is 6. The van der Waals surface area contributed by atoms with E-state index in [-0.39, 0.29) is 11.4 Å². The Labute approximate surface area is 180 Å². The number of aryl methyl sites for hydroxylation is 1. The number of hydrogen-bond donors (Lipinski definition) is 1. The van der Waals surface area contributed by atoms with Gasteiger partial charge in [-0.25, -0.2) is 23.4 Å². The maximum absolute atomic E-state index is 13.8. The van der Waals surface area contributed by atoms with E-state index in [1.807, 2.05) is 0 Å². The average molecular weight is 438 g/mol. The Hall–Kier alpha value is -3.66. The van der Waals surface area contributed by atoms with Crippen LogP contribution < -0.4 is 5.32 Å². The van der Waals surface area contributed by atoms with Crippen LogP contribution in [-0.2, 0) is 5.75 Å². The number of halogens is 2. The standard InChI is InChI=1S/C21H16F2N6OS/c1-13-3-6-15(11-17(13)23)26-20(30)19-18(12-31-21-24-9-2-10-25-21)29(28-27-19)16-7-4-14(22)5-8-16/h2-11H,12H2,1H3,(H,26,30). The summed E-state index contributed by atoms with van der Waals surface area (Å²) in [6.45, 7) is 1.64. The summed E-state index contributed by atoms with van der Waals surface area (Å²) in [5, 5.41) is 11.3. The van der Waals surface area contributed by atoms with Crippen molar-refractivity contribution < 1.29 is 13.6 Å². The van der Waals surface area contributed by atoms with Crippen molar-refractivity contribution in [3.63, 3.8) is 0 Å². The molecule has 2 heterocycles. The smallest absolute Gasteiger partial charge is 0.278 e. The number of nitrogens with zero attached hydrogens (tertiary/aromatic N) is 5. The number of aromatic nitrogens is 5. The van der Waals surface area contributed by atoms with Crippen molar-refractivity contribution in [2.45, 2.75) is 17.8 Å². The van der Waals surface area contributed by atoms with Gasteiger partial charge >= 0.3 is 0 Å². The minimum absolute atomic E-state index is 0.0636. The average Bonchev–Trinajstić information content (AvgIpc) is 3.20. The minimum atomic E-state index is -0.541. The van der Waals surface area contributed by atoms with Crippen molar-refractivity contribution in [1.82, 2.24) is 25.0 Å². The van der Waals surface area contributed by atoms with E-state index in [1.54, 1.807) is 37.5 Å². The first-order chi connectivity index (χ1) is 15.0. The van der Waals surface area contributed by atoms with E-state index in [1.165, 1.54) is 46.8 Å². The fourth-order valence-corrected chi connectivity index (χ4v) is 3.55. The molecule has 0 aliphatic heterocycles. The highest BCUT2D eigenvalue weighted by Gasteiger charge is 2.22.